The highest BCUT2D eigenvalue weighted by atomic mass is 19.3. The number of methoxy groups -OCH3 is 2. The lowest BCUT2D eigenvalue weighted by Gasteiger charge is -2.52. The fourth-order valence-electron chi connectivity index (χ4n) is 11.1. The molecule has 1 fully saturated rings. The summed E-state index contributed by atoms with van der Waals surface area (Å²) in [6.07, 6.45) is 6.99. The third-order valence-corrected chi connectivity index (χ3v) is 12.8. The highest BCUT2D eigenvalue weighted by Gasteiger charge is 2.66. The minimum atomic E-state index is -4.48. The number of nitrogens with zero attached hydrogens (tertiary/aromatic N) is 2. The van der Waals surface area contributed by atoms with E-state index in [2.05, 4.69) is 58.0 Å². The molecule has 0 bridgehead atoms. The lowest BCUT2D eigenvalue weighted by atomic mass is 9.52. The van der Waals surface area contributed by atoms with E-state index in [1.807, 2.05) is 54.6 Å². The summed E-state index contributed by atoms with van der Waals surface area (Å²) in [5.41, 5.74) is 5.07. The number of alkyl halides is 4. The Morgan fingerprint density at radius 3 is 1.66 bits per heavy atom. The molecule has 2 aliphatic heterocycles. The van der Waals surface area contributed by atoms with Gasteiger partial charge in [0.15, 0.2) is 5.60 Å². The van der Waals surface area contributed by atoms with Crippen molar-refractivity contribution in [1.29, 1.82) is 0 Å². The molecule has 0 amide bonds. The average Bonchev–Trinajstić information content (AvgIpc) is 3.43. The monoisotopic (exact) mass is 762 g/mol. The van der Waals surface area contributed by atoms with Crippen molar-refractivity contribution < 1.29 is 31.8 Å². The standard InChI is InChI=1S/C47H46F4N2O3/c1-42(2)25-43(3,4)27-44(26-42)36-12-10-9-11-32(36)39-34-23-37-38(53(6)47(50,51)46(48,49)52(37)5)24-35(34)41-33(40(39)44)21-22-45(56-41,28-13-17-30(54-7)18-14-28)29-15-19-31(55-8)20-16-29/h9-24H,25-27H2,1-8H3. The van der Waals surface area contributed by atoms with E-state index in [9.17, 15) is 0 Å². The molecule has 1 saturated carbocycles. The van der Waals surface area contributed by atoms with Gasteiger partial charge in [0.25, 0.3) is 0 Å². The van der Waals surface area contributed by atoms with Crippen LogP contribution < -0.4 is 24.0 Å². The van der Waals surface area contributed by atoms with Gasteiger partial charge in [-0.1, -0.05) is 82.3 Å². The van der Waals surface area contributed by atoms with Gasteiger partial charge in [-0.3, -0.25) is 0 Å². The molecule has 0 atom stereocenters. The Kier molecular flexibility index (Phi) is 7.61. The number of halogens is 4. The summed E-state index contributed by atoms with van der Waals surface area (Å²) in [7, 11) is 5.31. The molecule has 5 aromatic rings. The lowest BCUT2D eigenvalue weighted by Crippen LogP contribution is -2.64. The van der Waals surface area contributed by atoms with Gasteiger partial charge in [-0.15, -0.1) is 0 Å². The second-order valence-corrected chi connectivity index (χ2v) is 17.7. The van der Waals surface area contributed by atoms with E-state index < -0.39 is 23.1 Å². The van der Waals surface area contributed by atoms with Crippen LogP contribution in [-0.2, 0) is 11.0 Å². The Hall–Kier alpha value is -5.18. The van der Waals surface area contributed by atoms with Crippen LogP contribution in [0.2, 0.25) is 0 Å². The first-order valence-electron chi connectivity index (χ1n) is 19.1. The van der Waals surface area contributed by atoms with E-state index in [1.165, 1.54) is 5.56 Å². The fourth-order valence-corrected chi connectivity index (χ4v) is 11.1. The van der Waals surface area contributed by atoms with E-state index >= 15 is 17.6 Å². The minimum Gasteiger partial charge on any atom is -0.497 e. The largest absolute Gasteiger partial charge is 0.497 e. The Morgan fingerprint density at radius 2 is 1.14 bits per heavy atom. The Labute approximate surface area is 325 Å². The zero-order valence-corrected chi connectivity index (χ0v) is 33.0. The number of benzene rings is 5. The van der Waals surface area contributed by atoms with Crippen LogP contribution in [0.1, 0.15) is 74.8 Å². The first-order chi connectivity index (χ1) is 26.4. The maximum absolute atomic E-state index is 15.6. The third kappa shape index (κ3) is 4.84. The zero-order chi connectivity index (χ0) is 39.8. The summed E-state index contributed by atoms with van der Waals surface area (Å²) in [4.78, 5) is 0.832. The molecule has 1 spiro atoms. The normalized spacial score (nSPS) is 21.1. The molecule has 0 radical (unpaired) electrons. The van der Waals surface area contributed by atoms with Crippen molar-refractivity contribution in [1.82, 2.24) is 0 Å². The van der Waals surface area contributed by atoms with Crippen molar-refractivity contribution in [3.8, 4) is 28.4 Å². The number of hydrogen-bond donors (Lipinski definition) is 0. The summed E-state index contributed by atoms with van der Waals surface area (Å²) >= 11 is 0. The smallest absolute Gasteiger partial charge is 0.408 e. The van der Waals surface area contributed by atoms with E-state index in [4.69, 9.17) is 14.2 Å². The molecule has 2 aliphatic carbocycles. The van der Waals surface area contributed by atoms with Crippen LogP contribution in [0.15, 0.2) is 91.0 Å². The molecule has 0 aromatic heterocycles. The van der Waals surface area contributed by atoms with E-state index in [0.717, 1.165) is 66.7 Å². The SMILES string of the molecule is COc1ccc(C2(c3ccc(OC)cc3)C=Cc3c4c(c5cc6c(cc5c3O2)N(C)C(F)(F)C(F)(F)N6C)-c2ccccc2C42CC(C)(C)CC(C)(C)C2)cc1. The maximum Gasteiger partial charge on any atom is 0.408 e. The summed E-state index contributed by atoms with van der Waals surface area (Å²) in [6.45, 7) is 9.33. The molecule has 2 heterocycles. The van der Waals surface area contributed by atoms with Gasteiger partial charge in [0.05, 0.1) is 25.6 Å². The van der Waals surface area contributed by atoms with Crippen LogP contribution in [0, 0.1) is 10.8 Å². The quantitative estimate of drug-likeness (QED) is 0.135. The molecule has 56 heavy (non-hydrogen) atoms. The minimum absolute atomic E-state index is 0.0170. The summed E-state index contributed by atoms with van der Waals surface area (Å²) in [6, 6.07) is 18.2. The average molecular weight is 763 g/mol. The summed E-state index contributed by atoms with van der Waals surface area (Å²) in [5, 5.41) is 1.24. The molecule has 4 aliphatic rings. The Morgan fingerprint density at radius 1 is 0.643 bits per heavy atom. The number of rotatable bonds is 4. The molecule has 0 N–H and O–H groups in total. The molecule has 5 aromatic carbocycles. The topological polar surface area (TPSA) is 34.2 Å². The molecule has 5 nitrogen and oxygen atoms in total. The number of hydrogen-bond acceptors (Lipinski definition) is 5. The predicted octanol–water partition coefficient (Wildman–Crippen LogP) is 11.8. The van der Waals surface area contributed by atoms with E-state index in [1.54, 1.807) is 26.4 Å². The van der Waals surface area contributed by atoms with Crippen molar-refractivity contribution in [3.05, 3.63) is 119 Å². The molecular formula is C47H46F4N2O3. The van der Waals surface area contributed by atoms with Crippen LogP contribution in [0.5, 0.6) is 17.2 Å². The maximum atomic E-state index is 15.6. The van der Waals surface area contributed by atoms with Crippen molar-refractivity contribution in [2.45, 2.75) is 70.1 Å². The molecular weight excluding hydrogens is 717 g/mol. The van der Waals surface area contributed by atoms with Crippen molar-refractivity contribution in [3.63, 3.8) is 0 Å². The first kappa shape index (κ1) is 36.5. The van der Waals surface area contributed by atoms with Crippen LogP contribution in [0.25, 0.3) is 28.0 Å². The van der Waals surface area contributed by atoms with E-state index in [0.29, 0.717) is 37.8 Å². The van der Waals surface area contributed by atoms with Crippen LogP contribution in [0.4, 0.5) is 28.9 Å². The molecule has 290 valence electrons. The highest BCUT2D eigenvalue weighted by Crippen LogP contribution is 2.67. The highest BCUT2D eigenvalue weighted by molar-refractivity contribution is 6.11. The number of ether oxygens (including phenoxy) is 3. The third-order valence-electron chi connectivity index (χ3n) is 12.8. The van der Waals surface area contributed by atoms with Gasteiger partial charge in [-0.05, 0) is 100 Å². The predicted molar refractivity (Wildman–Crippen MR) is 215 cm³/mol. The van der Waals surface area contributed by atoms with Crippen LogP contribution in [-0.4, -0.2) is 40.4 Å². The van der Waals surface area contributed by atoms with Gasteiger partial charge in [0.1, 0.15) is 17.2 Å². The number of fused-ring (bicyclic) bond motifs is 11. The summed E-state index contributed by atoms with van der Waals surface area (Å²) < 4.78 is 81.0. The molecule has 0 saturated heterocycles. The van der Waals surface area contributed by atoms with Gasteiger partial charge in [0, 0.05) is 41.6 Å². The van der Waals surface area contributed by atoms with Crippen molar-refractivity contribution in [2.75, 3.05) is 38.1 Å². The van der Waals surface area contributed by atoms with Gasteiger partial charge < -0.3 is 24.0 Å². The zero-order valence-electron chi connectivity index (χ0n) is 33.0. The Balaban J connectivity index is 1.42. The molecule has 9 heteroatoms. The van der Waals surface area contributed by atoms with Gasteiger partial charge in [-0.25, -0.2) is 0 Å². The van der Waals surface area contributed by atoms with Gasteiger partial charge >= 0.3 is 12.1 Å². The number of anilines is 2. The fraction of sp³-hybridized carbons (Fsp3) is 0.362. The molecule has 0 unspecified atom stereocenters. The van der Waals surface area contributed by atoms with Crippen molar-refractivity contribution >= 4 is 28.2 Å². The number of likely N-dealkylation sites (N-methyl/N-ethyl adjacent to an activating group) is 2. The van der Waals surface area contributed by atoms with Crippen molar-refractivity contribution in [2.24, 2.45) is 10.8 Å². The first-order valence-corrected chi connectivity index (χ1v) is 19.1. The van der Waals surface area contributed by atoms with Crippen LogP contribution in [0.3, 0.4) is 0 Å². The Bertz CT molecular complexity index is 2390. The second kappa shape index (κ2) is 11.7. The van der Waals surface area contributed by atoms with Gasteiger partial charge in [-0.2, -0.15) is 17.6 Å². The van der Waals surface area contributed by atoms with E-state index in [-0.39, 0.29) is 22.2 Å². The van der Waals surface area contributed by atoms with Gasteiger partial charge in [0.2, 0.25) is 0 Å². The van der Waals surface area contributed by atoms with Crippen LogP contribution >= 0.6 is 0 Å². The summed E-state index contributed by atoms with van der Waals surface area (Å²) in [5.74, 6) is 1.88. The second-order valence-electron chi connectivity index (χ2n) is 17.7. The lowest BCUT2D eigenvalue weighted by molar-refractivity contribution is -0.207. The molecule has 9 rings (SSSR count).